The molecular weight excluding hydrogens is 288 g/mol. The number of anilines is 1. The van der Waals surface area contributed by atoms with Crippen LogP contribution in [0.1, 0.15) is 45.4 Å². The first-order valence-corrected chi connectivity index (χ1v) is 8.91. The van der Waals surface area contributed by atoms with Crippen LogP contribution in [0.2, 0.25) is 0 Å². The molecule has 1 aliphatic heterocycles. The fourth-order valence-electron chi connectivity index (χ4n) is 3.06. The molecule has 0 N–H and O–H groups in total. The normalized spacial score (nSPS) is 14.9. The molecule has 23 heavy (non-hydrogen) atoms. The average Bonchev–Trinajstić information content (AvgIpc) is 2.61. The Morgan fingerprint density at radius 2 is 1.83 bits per heavy atom. The summed E-state index contributed by atoms with van der Waals surface area (Å²) >= 11 is 0. The number of hydrogen-bond donors (Lipinski definition) is 0. The predicted octanol–water partition coefficient (Wildman–Crippen LogP) is 3.70. The van der Waals surface area contributed by atoms with Crippen LogP contribution in [0.15, 0.2) is 24.3 Å². The van der Waals surface area contributed by atoms with Gasteiger partial charge in [-0.2, -0.15) is 0 Å². The molecule has 1 fully saturated rings. The molecule has 1 saturated heterocycles. The molecule has 0 atom stereocenters. The SMILES string of the molecule is CCCCCCCC(=O)N1CCN(c2cccc(OC)c2)CC1. The molecule has 0 spiro atoms. The van der Waals surface area contributed by atoms with Gasteiger partial charge in [-0.15, -0.1) is 0 Å². The molecule has 1 heterocycles. The minimum Gasteiger partial charge on any atom is -0.497 e. The quantitative estimate of drug-likeness (QED) is 0.685. The van der Waals surface area contributed by atoms with E-state index in [4.69, 9.17) is 4.74 Å². The fraction of sp³-hybridized carbons (Fsp3) is 0.632. The molecule has 0 radical (unpaired) electrons. The third kappa shape index (κ3) is 5.45. The molecule has 4 nitrogen and oxygen atoms in total. The topological polar surface area (TPSA) is 32.8 Å². The molecule has 1 aliphatic rings. The van der Waals surface area contributed by atoms with Crippen LogP contribution in [0.25, 0.3) is 0 Å². The lowest BCUT2D eigenvalue weighted by Crippen LogP contribution is -2.48. The standard InChI is InChI=1S/C19H30N2O2/c1-3-4-5-6-7-11-19(22)21-14-12-20(13-15-21)17-9-8-10-18(16-17)23-2/h8-10,16H,3-7,11-15H2,1-2H3. The molecule has 1 aromatic carbocycles. The second-order valence-electron chi connectivity index (χ2n) is 6.23. The lowest BCUT2D eigenvalue weighted by atomic mass is 10.1. The van der Waals surface area contributed by atoms with Gasteiger partial charge in [0.2, 0.25) is 5.91 Å². The molecular formula is C19H30N2O2. The van der Waals surface area contributed by atoms with E-state index in [0.29, 0.717) is 12.3 Å². The van der Waals surface area contributed by atoms with Gasteiger partial charge in [-0.25, -0.2) is 0 Å². The molecule has 1 aromatic rings. The van der Waals surface area contributed by atoms with E-state index < -0.39 is 0 Å². The maximum atomic E-state index is 12.3. The van der Waals surface area contributed by atoms with Gasteiger partial charge in [-0.3, -0.25) is 4.79 Å². The minimum atomic E-state index is 0.326. The van der Waals surface area contributed by atoms with Crippen LogP contribution in [0.5, 0.6) is 5.75 Å². The van der Waals surface area contributed by atoms with Crippen LogP contribution in [0.4, 0.5) is 5.69 Å². The van der Waals surface area contributed by atoms with Crippen molar-refractivity contribution in [1.29, 1.82) is 0 Å². The second kappa shape index (κ2) is 9.43. The van der Waals surface area contributed by atoms with E-state index in [9.17, 15) is 4.79 Å². The number of carbonyl (C=O) groups excluding carboxylic acids is 1. The molecule has 0 aliphatic carbocycles. The summed E-state index contributed by atoms with van der Waals surface area (Å²) < 4.78 is 5.29. The van der Waals surface area contributed by atoms with E-state index >= 15 is 0 Å². The van der Waals surface area contributed by atoms with Gasteiger partial charge in [0.15, 0.2) is 0 Å². The maximum absolute atomic E-state index is 12.3. The third-order valence-corrected chi connectivity index (χ3v) is 4.55. The summed E-state index contributed by atoms with van der Waals surface area (Å²) in [4.78, 5) is 16.6. The molecule has 0 aromatic heterocycles. The van der Waals surface area contributed by atoms with Crippen LogP contribution in [0.3, 0.4) is 0 Å². The van der Waals surface area contributed by atoms with Crippen LogP contribution in [-0.2, 0) is 4.79 Å². The largest absolute Gasteiger partial charge is 0.497 e. The number of rotatable bonds is 8. The van der Waals surface area contributed by atoms with Gasteiger partial charge < -0.3 is 14.5 Å². The number of ether oxygens (including phenoxy) is 1. The second-order valence-corrected chi connectivity index (χ2v) is 6.23. The fourth-order valence-corrected chi connectivity index (χ4v) is 3.06. The number of methoxy groups -OCH3 is 1. The van der Waals surface area contributed by atoms with E-state index in [-0.39, 0.29) is 0 Å². The number of unbranched alkanes of at least 4 members (excludes halogenated alkanes) is 4. The smallest absolute Gasteiger partial charge is 0.222 e. The zero-order valence-corrected chi connectivity index (χ0v) is 14.6. The first kappa shape index (κ1) is 17.6. The Balaban J connectivity index is 1.73. The van der Waals surface area contributed by atoms with Crippen LogP contribution in [-0.4, -0.2) is 44.1 Å². The number of benzene rings is 1. The highest BCUT2D eigenvalue weighted by molar-refractivity contribution is 5.76. The summed E-state index contributed by atoms with van der Waals surface area (Å²) in [6.07, 6.45) is 6.72. The summed E-state index contributed by atoms with van der Waals surface area (Å²) in [5.74, 6) is 1.21. The Labute approximate surface area is 140 Å². The zero-order chi connectivity index (χ0) is 16.5. The molecule has 1 amide bonds. The maximum Gasteiger partial charge on any atom is 0.222 e. The van der Waals surface area contributed by atoms with Crippen LogP contribution >= 0.6 is 0 Å². The van der Waals surface area contributed by atoms with Crippen molar-refractivity contribution in [3.63, 3.8) is 0 Å². The minimum absolute atomic E-state index is 0.326. The van der Waals surface area contributed by atoms with Crippen molar-refractivity contribution < 1.29 is 9.53 Å². The van der Waals surface area contributed by atoms with Crippen LogP contribution in [0, 0.1) is 0 Å². The molecule has 0 bridgehead atoms. The first-order chi connectivity index (χ1) is 11.2. The van der Waals surface area contributed by atoms with Crippen molar-refractivity contribution in [2.75, 3.05) is 38.2 Å². The molecule has 0 saturated carbocycles. The Bertz CT molecular complexity index is 482. The summed E-state index contributed by atoms with van der Waals surface area (Å²) in [5.41, 5.74) is 1.18. The first-order valence-electron chi connectivity index (χ1n) is 8.91. The van der Waals surface area contributed by atoms with Crippen molar-refractivity contribution in [1.82, 2.24) is 4.90 Å². The van der Waals surface area contributed by atoms with Crippen molar-refractivity contribution in [2.45, 2.75) is 45.4 Å². The molecule has 128 valence electrons. The molecule has 0 unspecified atom stereocenters. The van der Waals surface area contributed by atoms with Gasteiger partial charge in [-0.05, 0) is 18.6 Å². The highest BCUT2D eigenvalue weighted by Crippen LogP contribution is 2.22. The third-order valence-electron chi connectivity index (χ3n) is 4.55. The van der Waals surface area contributed by atoms with E-state index in [1.807, 2.05) is 17.0 Å². The highest BCUT2D eigenvalue weighted by atomic mass is 16.5. The monoisotopic (exact) mass is 318 g/mol. The lowest BCUT2D eigenvalue weighted by Gasteiger charge is -2.36. The Kier molecular flexibility index (Phi) is 7.24. The summed E-state index contributed by atoms with van der Waals surface area (Å²) in [7, 11) is 1.69. The van der Waals surface area contributed by atoms with E-state index in [1.165, 1.54) is 31.4 Å². The number of piperazine rings is 1. The summed E-state index contributed by atoms with van der Waals surface area (Å²) in [5, 5.41) is 0. The van der Waals surface area contributed by atoms with Crippen molar-refractivity contribution in [3.8, 4) is 5.75 Å². The van der Waals surface area contributed by atoms with Gasteiger partial charge in [0.05, 0.1) is 7.11 Å². The Morgan fingerprint density at radius 3 is 2.52 bits per heavy atom. The molecule has 4 heteroatoms. The van der Waals surface area contributed by atoms with E-state index in [2.05, 4.69) is 24.0 Å². The number of amides is 1. The van der Waals surface area contributed by atoms with Gasteiger partial charge in [0, 0.05) is 44.4 Å². The highest BCUT2D eigenvalue weighted by Gasteiger charge is 2.21. The Morgan fingerprint density at radius 1 is 1.09 bits per heavy atom. The van der Waals surface area contributed by atoms with Crippen molar-refractivity contribution in [2.24, 2.45) is 0 Å². The predicted molar refractivity (Wildman–Crippen MR) is 95.2 cm³/mol. The Hall–Kier alpha value is -1.71. The van der Waals surface area contributed by atoms with Crippen molar-refractivity contribution >= 4 is 11.6 Å². The van der Waals surface area contributed by atoms with Crippen LogP contribution < -0.4 is 9.64 Å². The van der Waals surface area contributed by atoms with Gasteiger partial charge in [-0.1, -0.05) is 38.7 Å². The number of hydrogen-bond acceptors (Lipinski definition) is 3. The van der Waals surface area contributed by atoms with Gasteiger partial charge >= 0.3 is 0 Å². The zero-order valence-electron chi connectivity index (χ0n) is 14.6. The number of carbonyl (C=O) groups is 1. The lowest BCUT2D eigenvalue weighted by molar-refractivity contribution is -0.131. The summed E-state index contributed by atoms with van der Waals surface area (Å²) in [6, 6.07) is 8.14. The van der Waals surface area contributed by atoms with Crippen molar-refractivity contribution in [3.05, 3.63) is 24.3 Å². The molecule has 2 rings (SSSR count). The average molecular weight is 318 g/mol. The van der Waals surface area contributed by atoms with E-state index in [1.54, 1.807) is 7.11 Å². The summed E-state index contributed by atoms with van der Waals surface area (Å²) in [6.45, 7) is 5.66. The van der Waals surface area contributed by atoms with Gasteiger partial charge in [0.1, 0.15) is 5.75 Å². The van der Waals surface area contributed by atoms with Gasteiger partial charge in [0.25, 0.3) is 0 Å². The van der Waals surface area contributed by atoms with E-state index in [0.717, 1.165) is 38.3 Å². The number of nitrogens with zero attached hydrogens (tertiary/aromatic N) is 2.